The van der Waals surface area contributed by atoms with Crippen molar-refractivity contribution >= 4 is 46.9 Å². The van der Waals surface area contributed by atoms with Crippen molar-refractivity contribution in [2.45, 2.75) is 30.6 Å². The van der Waals surface area contributed by atoms with Crippen molar-refractivity contribution in [1.82, 2.24) is 9.91 Å². The van der Waals surface area contributed by atoms with Crippen LogP contribution in [0.3, 0.4) is 0 Å². The van der Waals surface area contributed by atoms with E-state index in [0.29, 0.717) is 27.4 Å². The second kappa shape index (κ2) is 11.3. The van der Waals surface area contributed by atoms with Crippen LogP contribution in [0.2, 0.25) is 5.02 Å². The first-order valence-electron chi connectivity index (χ1n) is 15.2. The highest BCUT2D eigenvalue weighted by Gasteiger charge is 2.70. The molecule has 2 aliphatic heterocycles. The van der Waals surface area contributed by atoms with Gasteiger partial charge in [-0.15, -0.1) is 0 Å². The number of phenolic OH excluding ortho intramolecular Hbond substituents is 1. The summed E-state index contributed by atoms with van der Waals surface area (Å²) in [7, 11) is 0. The Bertz CT molecular complexity index is 1860. The van der Waals surface area contributed by atoms with Crippen LogP contribution in [0, 0.1) is 29.5 Å². The number of aliphatic carboxylic acids is 1. The number of carbonyl (C=O) groups excluding carboxylic acids is 4. The molecular weight excluding hydrogens is 629 g/mol. The van der Waals surface area contributed by atoms with Crippen LogP contribution in [-0.4, -0.2) is 56.3 Å². The van der Waals surface area contributed by atoms with Crippen LogP contribution in [0.15, 0.2) is 84.4 Å². The number of carboxylic acid groups (broad SMARTS) is 1. The number of aromatic hydroxyl groups is 1. The Hall–Kier alpha value is -5.03. The Morgan fingerprint density at radius 1 is 0.957 bits per heavy atom. The maximum Gasteiger partial charge on any atom is 0.305 e. The van der Waals surface area contributed by atoms with Crippen molar-refractivity contribution in [3.05, 3.63) is 106 Å². The summed E-state index contributed by atoms with van der Waals surface area (Å²) in [6, 6.07) is 18.3. The number of imide groups is 2. The predicted octanol–water partition coefficient (Wildman–Crippen LogP) is 4.64. The quantitative estimate of drug-likeness (QED) is 0.246. The Morgan fingerprint density at radius 3 is 2.36 bits per heavy atom. The number of phenols is 1. The number of anilines is 1. The third-order valence-electron chi connectivity index (χ3n) is 10.1. The lowest BCUT2D eigenvalue weighted by atomic mass is 9.49. The minimum absolute atomic E-state index is 0.0445. The van der Waals surface area contributed by atoms with Gasteiger partial charge in [-0.1, -0.05) is 47.5 Å². The largest absolute Gasteiger partial charge is 0.508 e. The molecule has 3 fully saturated rings. The molecule has 0 aromatic heterocycles. The number of hydrogen-bond donors (Lipinski definition) is 3. The van der Waals surface area contributed by atoms with Crippen molar-refractivity contribution in [1.29, 1.82) is 0 Å². The zero-order valence-electron chi connectivity index (χ0n) is 24.8. The highest BCUT2D eigenvalue weighted by Crippen LogP contribution is 2.64. The summed E-state index contributed by atoms with van der Waals surface area (Å²) in [5, 5.41) is 21.2. The van der Waals surface area contributed by atoms with E-state index in [0.717, 1.165) is 9.91 Å². The SMILES string of the molecule is O=C(O)CCN1C(=O)[C@H]2[C@H](CC=C3[C@H]2C[C@H]2C(=O)N(Nc4ccc(F)cc4)C(=O)[C@@]2(c2ccc(Cl)cc2)[C@H]3c2cccc(O)c2)C1=O. The zero-order valence-corrected chi connectivity index (χ0v) is 25.6. The molecule has 2 heterocycles. The number of allylic oxidation sites excluding steroid dienone is 2. The summed E-state index contributed by atoms with van der Waals surface area (Å²) in [4.78, 5) is 69.2. The van der Waals surface area contributed by atoms with Gasteiger partial charge in [-0.25, -0.2) is 4.39 Å². The summed E-state index contributed by atoms with van der Waals surface area (Å²) in [6.07, 6.45) is 1.70. The number of fused-ring (bicyclic) bond motifs is 4. The Balaban J connectivity index is 1.42. The standard InChI is InChI=1S/C35H29ClFN3O7/c36-20-6-4-19(5-7-20)35-27(32(45)40(34(35)47)38-22-10-8-21(37)9-11-22)17-26-24(30(35)18-2-1-3-23(41)16-18)12-13-25-29(26)33(46)39(31(25)44)15-14-28(42)43/h1-12,16,25-27,29-30,38,41H,13-15,17H2,(H,42,43)/t25-,26+,27-,29-,30-,35+/m0/s1. The smallest absolute Gasteiger partial charge is 0.305 e. The first kappa shape index (κ1) is 30.6. The van der Waals surface area contributed by atoms with Crippen molar-refractivity contribution in [2.24, 2.45) is 23.7 Å². The summed E-state index contributed by atoms with van der Waals surface area (Å²) in [5.41, 5.74) is 3.34. The first-order chi connectivity index (χ1) is 22.5. The second-order valence-electron chi connectivity index (χ2n) is 12.4. The Morgan fingerprint density at radius 2 is 1.68 bits per heavy atom. The molecule has 47 heavy (non-hydrogen) atoms. The highest BCUT2D eigenvalue weighted by atomic mass is 35.5. The van der Waals surface area contributed by atoms with Crippen LogP contribution in [0.4, 0.5) is 10.1 Å². The maximum atomic E-state index is 15.0. The first-order valence-corrected chi connectivity index (χ1v) is 15.6. The molecule has 4 aliphatic rings. The van der Waals surface area contributed by atoms with Crippen molar-refractivity contribution in [3.8, 4) is 5.75 Å². The number of amides is 4. The molecule has 7 rings (SSSR count). The van der Waals surface area contributed by atoms with E-state index in [2.05, 4.69) is 5.43 Å². The van der Waals surface area contributed by atoms with Crippen LogP contribution in [0.5, 0.6) is 5.75 Å². The van der Waals surface area contributed by atoms with E-state index in [-0.39, 0.29) is 25.1 Å². The van der Waals surface area contributed by atoms with Crippen molar-refractivity contribution < 1.29 is 38.6 Å². The van der Waals surface area contributed by atoms with Gasteiger partial charge in [0.2, 0.25) is 11.8 Å². The minimum atomic E-state index is -1.56. The molecular formula is C35H29ClFN3O7. The number of nitrogens with zero attached hydrogens (tertiary/aromatic N) is 2. The van der Waals surface area contributed by atoms with E-state index in [1.54, 1.807) is 36.4 Å². The fourth-order valence-electron chi connectivity index (χ4n) is 8.23. The van der Waals surface area contributed by atoms with Gasteiger partial charge in [-0.2, -0.15) is 5.01 Å². The van der Waals surface area contributed by atoms with Crippen molar-refractivity contribution in [2.75, 3.05) is 12.0 Å². The van der Waals surface area contributed by atoms with E-state index >= 15 is 0 Å². The molecule has 0 spiro atoms. The van der Waals surface area contributed by atoms with E-state index < -0.39 is 76.8 Å². The highest BCUT2D eigenvalue weighted by molar-refractivity contribution is 6.30. The van der Waals surface area contributed by atoms with Crippen LogP contribution >= 0.6 is 11.6 Å². The Labute approximate surface area is 273 Å². The molecule has 3 N–H and O–H groups in total. The van der Waals surface area contributed by atoms with E-state index in [1.165, 1.54) is 36.4 Å². The number of carbonyl (C=O) groups is 5. The second-order valence-corrected chi connectivity index (χ2v) is 12.9. The van der Waals surface area contributed by atoms with E-state index in [9.17, 15) is 38.6 Å². The molecule has 0 unspecified atom stereocenters. The minimum Gasteiger partial charge on any atom is -0.508 e. The number of likely N-dealkylation sites (tertiary alicyclic amines) is 1. The maximum absolute atomic E-state index is 15.0. The molecule has 2 saturated heterocycles. The molecule has 1 saturated carbocycles. The van der Waals surface area contributed by atoms with Crippen LogP contribution in [0.1, 0.15) is 36.3 Å². The normalized spacial score (nSPS) is 28.1. The van der Waals surface area contributed by atoms with Crippen LogP contribution in [0.25, 0.3) is 0 Å². The number of hydrogen-bond acceptors (Lipinski definition) is 7. The number of nitrogens with one attached hydrogen (secondary N) is 1. The topological polar surface area (TPSA) is 144 Å². The molecule has 10 nitrogen and oxygen atoms in total. The van der Waals surface area contributed by atoms with Gasteiger partial charge in [0.1, 0.15) is 11.6 Å². The summed E-state index contributed by atoms with van der Waals surface area (Å²) >= 11 is 6.28. The lowest BCUT2D eigenvalue weighted by Crippen LogP contribution is -2.53. The summed E-state index contributed by atoms with van der Waals surface area (Å²) < 4.78 is 13.7. The monoisotopic (exact) mass is 657 g/mol. The third-order valence-corrected chi connectivity index (χ3v) is 10.4. The average Bonchev–Trinajstić information content (AvgIpc) is 3.42. The molecule has 0 bridgehead atoms. The van der Waals surface area contributed by atoms with Gasteiger partial charge in [0, 0.05) is 17.5 Å². The van der Waals surface area contributed by atoms with Gasteiger partial charge in [-0.3, -0.25) is 34.3 Å². The number of rotatable bonds is 7. The van der Waals surface area contributed by atoms with Crippen molar-refractivity contribution in [3.63, 3.8) is 0 Å². The van der Waals surface area contributed by atoms with Gasteiger partial charge in [-0.05, 0) is 78.4 Å². The van der Waals surface area contributed by atoms with Gasteiger partial charge in [0.25, 0.3) is 11.8 Å². The summed E-state index contributed by atoms with van der Waals surface area (Å²) in [5.74, 6) is -7.92. The molecule has 240 valence electrons. The van der Waals surface area contributed by atoms with Gasteiger partial charge in [0.15, 0.2) is 0 Å². The average molecular weight is 658 g/mol. The lowest BCUT2D eigenvalue weighted by molar-refractivity contribution is -0.143. The Kier molecular flexibility index (Phi) is 7.39. The lowest BCUT2D eigenvalue weighted by Gasteiger charge is -2.50. The fraction of sp³-hybridized carbons (Fsp3) is 0.286. The molecule has 3 aromatic carbocycles. The number of benzene rings is 3. The number of carboxylic acids is 1. The molecule has 6 atom stereocenters. The molecule has 2 aliphatic carbocycles. The van der Waals surface area contributed by atoms with Crippen LogP contribution in [-0.2, 0) is 29.4 Å². The van der Waals surface area contributed by atoms with E-state index in [1.807, 2.05) is 6.08 Å². The fourth-order valence-corrected chi connectivity index (χ4v) is 8.35. The zero-order chi connectivity index (χ0) is 33.2. The third kappa shape index (κ3) is 4.71. The molecule has 4 amide bonds. The number of halogens is 2. The van der Waals surface area contributed by atoms with Crippen LogP contribution < -0.4 is 5.43 Å². The van der Waals surface area contributed by atoms with Gasteiger partial charge >= 0.3 is 5.97 Å². The van der Waals surface area contributed by atoms with Gasteiger partial charge in [0.05, 0.1) is 35.3 Å². The summed E-state index contributed by atoms with van der Waals surface area (Å²) in [6.45, 7) is -0.261. The molecule has 12 heteroatoms. The molecule has 3 aromatic rings. The van der Waals surface area contributed by atoms with E-state index in [4.69, 9.17) is 11.6 Å². The van der Waals surface area contributed by atoms with Gasteiger partial charge < -0.3 is 10.2 Å². The molecule has 0 radical (unpaired) electrons. The predicted molar refractivity (Wildman–Crippen MR) is 166 cm³/mol. The number of hydrazine groups is 1.